The molecule has 0 aromatic carbocycles. The van der Waals surface area contributed by atoms with Gasteiger partial charge >= 0.3 is 6.01 Å². The SMILES string of the molecule is COc1cnc(OC2CCCN(c3nccn4c(C)nnc34)C2)nc1. The summed E-state index contributed by atoms with van der Waals surface area (Å²) in [4.78, 5) is 15.0. The average Bonchev–Trinajstić information content (AvgIpc) is 3.04. The van der Waals surface area contributed by atoms with Gasteiger partial charge in [0.2, 0.25) is 5.65 Å². The summed E-state index contributed by atoms with van der Waals surface area (Å²) < 4.78 is 12.9. The van der Waals surface area contributed by atoms with Crippen LogP contribution in [0.15, 0.2) is 24.8 Å². The van der Waals surface area contributed by atoms with Gasteiger partial charge in [-0.3, -0.25) is 4.40 Å². The third kappa shape index (κ3) is 3.04. The standard InChI is InChI=1S/C16H19N7O2/c1-11-20-21-15-14(17-5-7-23(11)15)22-6-3-4-12(10-22)25-16-18-8-13(24-2)9-19-16/h5,7-9,12H,3-4,6,10H2,1-2H3. The molecule has 4 heterocycles. The molecular weight excluding hydrogens is 322 g/mol. The van der Waals surface area contributed by atoms with Crippen molar-refractivity contribution in [1.82, 2.24) is 29.5 Å². The molecule has 1 fully saturated rings. The third-order valence-electron chi connectivity index (χ3n) is 4.27. The number of methoxy groups -OCH3 is 1. The molecule has 0 amide bonds. The molecule has 3 aromatic heterocycles. The highest BCUT2D eigenvalue weighted by Gasteiger charge is 2.25. The predicted octanol–water partition coefficient (Wildman–Crippen LogP) is 1.28. The number of rotatable bonds is 4. The Bertz CT molecular complexity index is 865. The number of aryl methyl sites for hydroxylation is 1. The summed E-state index contributed by atoms with van der Waals surface area (Å²) in [5.74, 6) is 2.28. The summed E-state index contributed by atoms with van der Waals surface area (Å²) in [6, 6.07) is 0.358. The van der Waals surface area contributed by atoms with Crippen LogP contribution in [0.3, 0.4) is 0 Å². The Hall–Kier alpha value is -2.97. The molecule has 1 aliphatic rings. The van der Waals surface area contributed by atoms with Crippen LogP contribution in [-0.4, -0.2) is 55.9 Å². The molecule has 1 atom stereocenters. The Morgan fingerprint density at radius 1 is 1.16 bits per heavy atom. The number of hydrogen-bond acceptors (Lipinski definition) is 8. The molecule has 130 valence electrons. The molecule has 1 aliphatic heterocycles. The van der Waals surface area contributed by atoms with E-state index in [0.29, 0.717) is 18.3 Å². The number of ether oxygens (including phenoxy) is 2. The van der Waals surface area contributed by atoms with Crippen molar-refractivity contribution in [3.05, 3.63) is 30.6 Å². The number of aromatic nitrogens is 6. The van der Waals surface area contributed by atoms with Gasteiger partial charge < -0.3 is 14.4 Å². The number of anilines is 1. The van der Waals surface area contributed by atoms with Gasteiger partial charge in [-0.15, -0.1) is 10.2 Å². The van der Waals surface area contributed by atoms with E-state index in [1.807, 2.05) is 17.5 Å². The molecule has 25 heavy (non-hydrogen) atoms. The van der Waals surface area contributed by atoms with Gasteiger partial charge in [0.05, 0.1) is 26.0 Å². The second-order valence-corrected chi connectivity index (χ2v) is 5.93. The van der Waals surface area contributed by atoms with Crippen molar-refractivity contribution in [3.8, 4) is 11.8 Å². The maximum Gasteiger partial charge on any atom is 0.316 e. The van der Waals surface area contributed by atoms with Gasteiger partial charge in [0.1, 0.15) is 11.9 Å². The van der Waals surface area contributed by atoms with Gasteiger partial charge in [0, 0.05) is 18.9 Å². The normalized spacial score (nSPS) is 17.7. The first-order chi connectivity index (χ1) is 12.2. The highest BCUT2D eigenvalue weighted by molar-refractivity contribution is 5.64. The highest BCUT2D eigenvalue weighted by Crippen LogP contribution is 2.23. The first-order valence-corrected chi connectivity index (χ1v) is 8.18. The zero-order chi connectivity index (χ0) is 17.2. The van der Waals surface area contributed by atoms with E-state index in [2.05, 4.69) is 30.0 Å². The van der Waals surface area contributed by atoms with E-state index in [1.54, 1.807) is 25.7 Å². The zero-order valence-electron chi connectivity index (χ0n) is 14.2. The van der Waals surface area contributed by atoms with Gasteiger partial charge in [-0.1, -0.05) is 0 Å². The number of hydrogen-bond donors (Lipinski definition) is 0. The van der Waals surface area contributed by atoms with Crippen LogP contribution in [0.5, 0.6) is 11.8 Å². The molecule has 1 unspecified atom stereocenters. The molecular formula is C16H19N7O2. The largest absolute Gasteiger partial charge is 0.494 e. The topological polar surface area (TPSA) is 90.6 Å². The molecule has 9 heteroatoms. The Morgan fingerprint density at radius 2 is 2.00 bits per heavy atom. The van der Waals surface area contributed by atoms with Crippen molar-refractivity contribution < 1.29 is 9.47 Å². The second kappa shape index (κ2) is 6.50. The molecule has 0 radical (unpaired) electrons. The van der Waals surface area contributed by atoms with Crippen LogP contribution in [0.25, 0.3) is 5.65 Å². The molecule has 0 N–H and O–H groups in total. The first kappa shape index (κ1) is 15.6. The van der Waals surface area contributed by atoms with Crippen LogP contribution in [0, 0.1) is 6.92 Å². The molecule has 0 aliphatic carbocycles. The summed E-state index contributed by atoms with van der Waals surface area (Å²) in [5, 5.41) is 8.39. The summed E-state index contributed by atoms with van der Waals surface area (Å²) in [6.07, 6.45) is 8.78. The van der Waals surface area contributed by atoms with E-state index in [-0.39, 0.29) is 6.10 Å². The average molecular weight is 341 g/mol. The highest BCUT2D eigenvalue weighted by atomic mass is 16.5. The monoisotopic (exact) mass is 341 g/mol. The van der Waals surface area contributed by atoms with Crippen LogP contribution in [-0.2, 0) is 0 Å². The Labute approximate surface area is 144 Å². The molecule has 0 spiro atoms. The van der Waals surface area contributed by atoms with E-state index in [1.165, 1.54) is 0 Å². The van der Waals surface area contributed by atoms with Crippen molar-refractivity contribution in [3.63, 3.8) is 0 Å². The van der Waals surface area contributed by atoms with Crippen molar-refractivity contribution in [2.75, 3.05) is 25.1 Å². The molecule has 1 saturated heterocycles. The number of nitrogens with zero attached hydrogens (tertiary/aromatic N) is 7. The minimum Gasteiger partial charge on any atom is -0.494 e. The van der Waals surface area contributed by atoms with Gasteiger partial charge in [-0.05, 0) is 19.8 Å². The summed E-state index contributed by atoms with van der Waals surface area (Å²) in [7, 11) is 1.58. The van der Waals surface area contributed by atoms with Crippen LogP contribution in [0.4, 0.5) is 5.82 Å². The minimum atomic E-state index is -0.00628. The zero-order valence-corrected chi connectivity index (χ0v) is 14.2. The van der Waals surface area contributed by atoms with Gasteiger partial charge in [0.15, 0.2) is 11.6 Å². The van der Waals surface area contributed by atoms with Crippen LogP contribution >= 0.6 is 0 Å². The fourth-order valence-corrected chi connectivity index (χ4v) is 3.00. The lowest BCUT2D eigenvalue weighted by atomic mass is 10.1. The van der Waals surface area contributed by atoms with Crippen LogP contribution in [0.2, 0.25) is 0 Å². The van der Waals surface area contributed by atoms with Crippen molar-refractivity contribution >= 4 is 11.5 Å². The number of fused-ring (bicyclic) bond motifs is 1. The fourth-order valence-electron chi connectivity index (χ4n) is 3.00. The van der Waals surface area contributed by atoms with E-state index in [4.69, 9.17) is 9.47 Å². The van der Waals surface area contributed by atoms with E-state index in [9.17, 15) is 0 Å². The quantitative estimate of drug-likeness (QED) is 0.701. The molecule has 0 bridgehead atoms. The van der Waals surface area contributed by atoms with Crippen LogP contribution in [0.1, 0.15) is 18.7 Å². The Morgan fingerprint density at radius 3 is 2.80 bits per heavy atom. The van der Waals surface area contributed by atoms with Crippen molar-refractivity contribution in [1.29, 1.82) is 0 Å². The lowest BCUT2D eigenvalue weighted by Gasteiger charge is -2.33. The first-order valence-electron chi connectivity index (χ1n) is 8.18. The number of piperidine rings is 1. The van der Waals surface area contributed by atoms with Gasteiger partial charge in [-0.2, -0.15) is 9.97 Å². The van der Waals surface area contributed by atoms with E-state index >= 15 is 0 Å². The predicted molar refractivity (Wildman–Crippen MR) is 90.0 cm³/mol. The van der Waals surface area contributed by atoms with E-state index in [0.717, 1.165) is 36.7 Å². The lowest BCUT2D eigenvalue weighted by Crippen LogP contribution is -2.42. The maximum absolute atomic E-state index is 5.93. The Kier molecular flexibility index (Phi) is 4.04. The fraction of sp³-hybridized carbons (Fsp3) is 0.438. The Balaban J connectivity index is 1.52. The van der Waals surface area contributed by atoms with Gasteiger partial charge in [0.25, 0.3) is 0 Å². The second-order valence-electron chi connectivity index (χ2n) is 5.93. The minimum absolute atomic E-state index is 0.00628. The van der Waals surface area contributed by atoms with E-state index < -0.39 is 0 Å². The molecule has 4 rings (SSSR count). The summed E-state index contributed by atoms with van der Waals surface area (Å²) >= 11 is 0. The van der Waals surface area contributed by atoms with Crippen molar-refractivity contribution in [2.45, 2.75) is 25.9 Å². The van der Waals surface area contributed by atoms with Crippen molar-refractivity contribution in [2.24, 2.45) is 0 Å². The summed E-state index contributed by atoms with van der Waals surface area (Å²) in [5.41, 5.74) is 0.765. The lowest BCUT2D eigenvalue weighted by molar-refractivity contribution is 0.164. The van der Waals surface area contributed by atoms with Gasteiger partial charge in [-0.25, -0.2) is 4.98 Å². The smallest absolute Gasteiger partial charge is 0.316 e. The maximum atomic E-state index is 5.93. The summed E-state index contributed by atoms with van der Waals surface area (Å²) in [6.45, 7) is 3.53. The third-order valence-corrected chi connectivity index (χ3v) is 4.27. The van der Waals surface area contributed by atoms with Crippen LogP contribution < -0.4 is 14.4 Å². The molecule has 9 nitrogen and oxygen atoms in total. The molecule has 3 aromatic rings. The molecule has 0 saturated carbocycles.